The Labute approximate surface area is 90.9 Å². The molecule has 1 atom stereocenters. The fourth-order valence-electron chi connectivity index (χ4n) is 1.37. The zero-order valence-electron chi connectivity index (χ0n) is 10.1. The highest BCUT2D eigenvalue weighted by Gasteiger charge is 2.13. The zero-order valence-corrected chi connectivity index (χ0v) is 10.1. The molecule has 1 N–H and O–H groups in total. The van der Waals surface area contributed by atoms with Crippen LogP contribution in [0.5, 0.6) is 5.88 Å². The highest BCUT2D eigenvalue weighted by Crippen LogP contribution is 2.20. The van der Waals surface area contributed by atoms with Gasteiger partial charge in [0.15, 0.2) is 0 Å². The molecule has 1 aromatic heterocycles. The van der Waals surface area contributed by atoms with Crippen molar-refractivity contribution >= 4 is 0 Å². The summed E-state index contributed by atoms with van der Waals surface area (Å²) in [5.74, 6) is 0.670. The van der Waals surface area contributed by atoms with Crippen LogP contribution in [0.2, 0.25) is 0 Å². The van der Waals surface area contributed by atoms with E-state index in [4.69, 9.17) is 4.74 Å². The highest BCUT2D eigenvalue weighted by atomic mass is 16.5. The van der Waals surface area contributed by atoms with Gasteiger partial charge in [-0.05, 0) is 34.6 Å². The molecule has 15 heavy (non-hydrogen) atoms. The van der Waals surface area contributed by atoms with E-state index < -0.39 is 6.10 Å². The summed E-state index contributed by atoms with van der Waals surface area (Å²) in [6, 6.07) is 0. The van der Waals surface area contributed by atoms with Crippen molar-refractivity contribution in [3.05, 3.63) is 11.3 Å². The maximum absolute atomic E-state index is 9.31. The van der Waals surface area contributed by atoms with Crippen LogP contribution in [0.1, 0.15) is 32.0 Å². The average Bonchev–Trinajstić information content (AvgIpc) is 2.32. The van der Waals surface area contributed by atoms with Crippen molar-refractivity contribution in [1.29, 1.82) is 0 Å². The number of aliphatic hydroxyl groups excluding tert-OH is 1. The molecule has 1 rings (SSSR count). The summed E-state index contributed by atoms with van der Waals surface area (Å²) in [4.78, 5) is 0. The molecule has 0 aliphatic rings. The lowest BCUT2D eigenvalue weighted by Crippen LogP contribution is -2.14. The summed E-state index contributed by atoms with van der Waals surface area (Å²) in [7, 11) is 0. The van der Waals surface area contributed by atoms with Crippen LogP contribution in [0.3, 0.4) is 0 Å². The molecule has 0 saturated carbocycles. The van der Waals surface area contributed by atoms with Crippen LogP contribution in [0.4, 0.5) is 0 Å². The minimum absolute atomic E-state index is 0.123. The molecule has 1 heterocycles. The summed E-state index contributed by atoms with van der Waals surface area (Å²) in [5.41, 5.74) is 2.09. The average molecular weight is 212 g/mol. The largest absolute Gasteiger partial charge is 0.474 e. The molecule has 0 aromatic carbocycles. The van der Waals surface area contributed by atoms with E-state index in [-0.39, 0.29) is 6.10 Å². The Bertz CT molecular complexity index is 299. The number of hydrogen-bond donors (Lipinski definition) is 1. The van der Waals surface area contributed by atoms with Crippen molar-refractivity contribution in [3.8, 4) is 5.88 Å². The van der Waals surface area contributed by atoms with Crippen LogP contribution in [-0.2, 0) is 6.54 Å². The summed E-state index contributed by atoms with van der Waals surface area (Å²) < 4.78 is 7.36. The van der Waals surface area contributed by atoms with Crippen molar-refractivity contribution in [2.75, 3.05) is 0 Å². The molecule has 0 amide bonds. The third-order valence-electron chi connectivity index (χ3n) is 2.25. The molecule has 0 radical (unpaired) electrons. The standard InChI is InChI=1S/C11H20N2O2/c1-7(2)15-11-9(4)10(5)13(12-11)6-8(3)14/h7-8,14H,6H2,1-5H3. The van der Waals surface area contributed by atoms with Gasteiger partial charge in [-0.3, -0.25) is 4.68 Å². The van der Waals surface area contributed by atoms with Gasteiger partial charge in [0.1, 0.15) is 0 Å². The molecule has 1 aromatic rings. The van der Waals surface area contributed by atoms with Crippen molar-refractivity contribution in [2.45, 2.75) is 53.4 Å². The summed E-state index contributed by atoms with van der Waals surface area (Å²) in [6.45, 7) is 10.2. The maximum atomic E-state index is 9.31. The molecule has 1 unspecified atom stereocenters. The zero-order chi connectivity index (χ0) is 11.6. The second-order valence-electron chi connectivity index (χ2n) is 4.21. The monoisotopic (exact) mass is 212 g/mol. The first kappa shape index (κ1) is 12.0. The molecular weight excluding hydrogens is 192 g/mol. The highest BCUT2D eigenvalue weighted by molar-refractivity contribution is 5.29. The first-order valence-electron chi connectivity index (χ1n) is 5.30. The molecule has 4 nitrogen and oxygen atoms in total. The number of ether oxygens (including phenoxy) is 1. The Hall–Kier alpha value is -1.03. The minimum atomic E-state index is -0.394. The van der Waals surface area contributed by atoms with E-state index in [9.17, 15) is 5.11 Å². The number of nitrogens with zero attached hydrogens (tertiary/aromatic N) is 2. The van der Waals surface area contributed by atoms with E-state index in [1.807, 2.05) is 27.7 Å². The van der Waals surface area contributed by atoms with Gasteiger partial charge in [-0.15, -0.1) is 5.10 Å². The molecule has 0 fully saturated rings. The Morgan fingerprint density at radius 3 is 2.40 bits per heavy atom. The van der Waals surface area contributed by atoms with Crippen LogP contribution in [0.15, 0.2) is 0 Å². The van der Waals surface area contributed by atoms with E-state index in [1.54, 1.807) is 11.6 Å². The Balaban J connectivity index is 2.91. The quantitative estimate of drug-likeness (QED) is 0.825. The van der Waals surface area contributed by atoms with Gasteiger partial charge in [-0.2, -0.15) is 0 Å². The van der Waals surface area contributed by atoms with Crippen LogP contribution in [0, 0.1) is 13.8 Å². The lowest BCUT2D eigenvalue weighted by Gasteiger charge is -2.07. The molecule has 0 saturated heterocycles. The molecule has 0 aliphatic carbocycles. The lowest BCUT2D eigenvalue weighted by molar-refractivity contribution is 0.165. The first-order chi connectivity index (χ1) is 6.91. The third kappa shape index (κ3) is 2.96. The summed E-state index contributed by atoms with van der Waals surface area (Å²) >= 11 is 0. The normalized spacial score (nSPS) is 13.3. The summed E-state index contributed by atoms with van der Waals surface area (Å²) in [5, 5.41) is 13.6. The van der Waals surface area contributed by atoms with E-state index >= 15 is 0 Å². The fraction of sp³-hybridized carbons (Fsp3) is 0.727. The fourth-order valence-corrected chi connectivity index (χ4v) is 1.37. The minimum Gasteiger partial charge on any atom is -0.474 e. The first-order valence-corrected chi connectivity index (χ1v) is 5.30. The van der Waals surface area contributed by atoms with E-state index in [0.29, 0.717) is 12.4 Å². The van der Waals surface area contributed by atoms with Gasteiger partial charge in [0, 0.05) is 11.3 Å². The maximum Gasteiger partial charge on any atom is 0.236 e. The molecule has 0 bridgehead atoms. The number of hydrogen-bond acceptors (Lipinski definition) is 3. The predicted molar refractivity (Wildman–Crippen MR) is 59.1 cm³/mol. The lowest BCUT2D eigenvalue weighted by atomic mass is 10.3. The third-order valence-corrected chi connectivity index (χ3v) is 2.25. The Morgan fingerprint density at radius 2 is 1.93 bits per heavy atom. The smallest absolute Gasteiger partial charge is 0.236 e. The molecule has 0 spiro atoms. The van der Waals surface area contributed by atoms with E-state index in [2.05, 4.69) is 5.10 Å². The van der Waals surface area contributed by atoms with Crippen LogP contribution >= 0.6 is 0 Å². The van der Waals surface area contributed by atoms with Gasteiger partial charge in [0.2, 0.25) is 5.88 Å². The molecule has 0 aliphatic heterocycles. The van der Waals surface area contributed by atoms with Gasteiger partial charge in [0.25, 0.3) is 0 Å². The van der Waals surface area contributed by atoms with Gasteiger partial charge in [-0.25, -0.2) is 0 Å². The van der Waals surface area contributed by atoms with Gasteiger partial charge >= 0.3 is 0 Å². The van der Waals surface area contributed by atoms with Gasteiger partial charge in [0.05, 0.1) is 18.8 Å². The number of aliphatic hydroxyl groups is 1. The number of rotatable bonds is 4. The van der Waals surface area contributed by atoms with Gasteiger partial charge < -0.3 is 9.84 Å². The van der Waals surface area contributed by atoms with Crippen LogP contribution < -0.4 is 4.74 Å². The van der Waals surface area contributed by atoms with Crippen LogP contribution in [-0.4, -0.2) is 27.1 Å². The van der Waals surface area contributed by atoms with E-state index in [1.165, 1.54) is 0 Å². The van der Waals surface area contributed by atoms with Crippen molar-refractivity contribution in [1.82, 2.24) is 9.78 Å². The van der Waals surface area contributed by atoms with E-state index in [0.717, 1.165) is 11.3 Å². The van der Waals surface area contributed by atoms with Crippen molar-refractivity contribution < 1.29 is 9.84 Å². The Kier molecular flexibility index (Phi) is 3.74. The van der Waals surface area contributed by atoms with Crippen molar-refractivity contribution in [2.24, 2.45) is 0 Å². The second kappa shape index (κ2) is 4.66. The number of aromatic nitrogens is 2. The van der Waals surface area contributed by atoms with Crippen molar-refractivity contribution in [3.63, 3.8) is 0 Å². The topological polar surface area (TPSA) is 47.3 Å². The molecular formula is C11H20N2O2. The van der Waals surface area contributed by atoms with Crippen LogP contribution in [0.25, 0.3) is 0 Å². The molecule has 86 valence electrons. The Morgan fingerprint density at radius 1 is 1.33 bits per heavy atom. The SMILES string of the molecule is Cc1c(OC(C)C)nn(CC(C)O)c1C. The molecule has 4 heteroatoms. The van der Waals surface area contributed by atoms with Gasteiger partial charge in [-0.1, -0.05) is 0 Å². The predicted octanol–water partition coefficient (Wildman–Crippen LogP) is 1.67. The second-order valence-corrected chi connectivity index (χ2v) is 4.21. The summed E-state index contributed by atoms with van der Waals surface area (Å²) in [6.07, 6.45) is -0.270.